The van der Waals surface area contributed by atoms with Gasteiger partial charge in [0.1, 0.15) is 23.5 Å². The molecule has 17 heavy (non-hydrogen) atoms. The number of nitriles is 2. The van der Waals surface area contributed by atoms with Gasteiger partial charge in [0.25, 0.3) is 0 Å². The van der Waals surface area contributed by atoms with E-state index in [0.717, 1.165) is 5.56 Å². The molecule has 0 bridgehead atoms. The van der Waals surface area contributed by atoms with E-state index >= 15 is 0 Å². The van der Waals surface area contributed by atoms with Crippen LogP contribution in [-0.4, -0.2) is 0 Å². The zero-order valence-electron chi connectivity index (χ0n) is 8.67. The zero-order valence-corrected chi connectivity index (χ0v) is 10.2. The fourth-order valence-electron chi connectivity index (χ4n) is 1.09. The van der Waals surface area contributed by atoms with Crippen molar-refractivity contribution in [2.75, 3.05) is 0 Å². The van der Waals surface area contributed by atoms with E-state index < -0.39 is 0 Å². The standard InChI is InChI=1S/C11H8Cl2N4/c12-8-2-1-7(3-9(8)13)6-17-11(5-15)10(16)4-14/h1-3,17H,6,16H2/b11-10-. The van der Waals surface area contributed by atoms with Gasteiger partial charge in [-0.2, -0.15) is 10.5 Å². The number of rotatable bonds is 3. The Balaban J connectivity index is 2.78. The number of nitrogens with zero attached hydrogens (tertiary/aromatic N) is 2. The van der Waals surface area contributed by atoms with E-state index in [1.54, 1.807) is 24.3 Å². The molecule has 86 valence electrons. The average Bonchev–Trinajstić information content (AvgIpc) is 2.33. The maximum atomic E-state index is 8.76. The minimum atomic E-state index is -0.146. The van der Waals surface area contributed by atoms with Crippen LogP contribution in [0.3, 0.4) is 0 Å². The van der Waals surface area contributed by atoms with Gasteiger partial charge in [0.2, 0.25) is 0 Å². The Morgan fingerprint density at radius 3 is 2.47 bits per heavy atom. The molecule has 0 unspecified atom stereocenters. The van der Waals surface area contributed by atoms with E-state index in [9.17, 15) is 0 Å². The molecule has 0 radical (unpaired) electrons. The summed E-state index contributed by atoms with van der Waals surface area (Å²) < 4.78 is 0. The summed E-state index contributed by atoms with van der Waals surface area (Å²) in [5.41, 5.74) is 6.06. The number of nitrogens with two attached hydrogens (primary N) is 1. The van der Waals surface area contributed by atoms with Gasteiger partial charge in [0.05, 0.1) is 10.0 Å². The van der Waals surface area contributed by atoms with E-state index in [1.165, 1.54) is 0 Å². The van der Waals surface area contributed by atoms with Crippen LogP contribution in [0.15, 0.2) is 29.6 Å². The van der Waals surface area contributed by atoms with Crippen molar-refractivity contribution in [2.24, 2.45) is 5.73 Å². The van der Waals surface area contributed by atoms with Gasteiger partial charge in [0.15, 0.2) is 0 Å². The number of nitrogens with one attached hydrogen (secondary N) is 1. The molecule has 0 spiro atoms. The molecule has 0 atom stereocenters. The fraction of sp³-hybridized carbons (Fsp3) is 0.0909. The van der Waals surface area contributed by atoms with Crippen molar-refractivity contribution >= 4 is 23.2 Å². The monoisotopic (exact) mass is 266 g/mol. The van der Waals surface area contributed by atoms with Gasteiger partial charge < -0.3 is 11.1 Å². The number of hydrogen-bond acceptors (Lipinski definition) is 4. The minimum Gasteiger partial charge on any atom is -0.388 e. The van der Waals surface area contributed by atoms with Gasteiger partial charge in [-0.05, 0) is 17.7 Å². The van der Waals surface area contributed by atoms with Crippen LogP contribution in [0.5, 0.6) is 0 Å². The van der Waals surface area contributed by atoms with Gasteiger partial charge in [-0.15, -0.1) is 0 Å². The molecule has 0 saturated heterocycles. The quantitative estimate of drug-likeness (QED) is 0.823. The molecule has 1 aromatic carbocycles. The zero-order chi connectivity index (χ0) is 12.8. The lowest BCUT2D eigenvalue weighted by molar-refractivity contribution is 0.827. The number of allylic oxidation sites excluding steroid dienone is 2. The van der Waals surface area contributed by atoms with Crippen molar-refractivity contribution in [2.45, 2.75) is 6.54 Å². The first-order valence-corrected chi connectivity index (χ1v) is 5.31. The van der Waals surface area contributed by atoms with Crippen molar-refractivity contribution in [3.63, 3.8) is 0 Å². The maximum Gasteiger partial charge on any atom is 0.148 e. The van der Waals surface area contributed by atoms with Crippen molar-refractivity contribution in [3.05, 3.63) is 45.2 Å². The van der Waals surface area contributed by atoms with Crippen molar-refractivity contribution < 1.29 is 0 Å². The summed E-state index contributed by atoms with van der Waals surface area (Å²) in [6.45, 7) is 0.335. The van der Waals surface area contributed by atoms with E-state index in [-0.39, 0.29) is 11.4 Å². The van der Waals surface area contributed by atoms with Gasteiger partial charge in [-0.3, -0.25) is 0 Å². The molecule has 0 fully saturated rings. The van der Waals surface area contributed by atoms with Crippen LogP contribution in [-0.2, 0) is 6.54 Å². The van der Waals surface area contributed by atoms with E-state index in [4.69, 9.17) is 39.5 Å². The second-order valence-electron chi connectivity index (χ2n) is 3.11. The summed E-state index contributed by atoms with van der Waals surface area (Å²) in [5.74, 6) is 0. The second kappa shape index (κ2) is 6.00. The minimum absolute atomic E-state index is 0.0403. The highest BCUT2D eigenvalue weighted by Crippen LogP contribution is 2.22. The van der Waals surface area contributed by atoms with Crippen LogP contribution in [0.1, 0.15) is 5.56 Å². The molecule has 1 rings (SSSR count). The summed E-state index contributed by atoms with van der Waals surface area (Å²) in [7, 11) is 0. The Labute approximate surface area is 109 Å². The highest BCUT2D eigenvalue weighted by molar-refractivity contribution is 6.42. The van der Waals surface area contributed by atoms with Crippen molar-refractivity contribution in [1.29, 1.82) is 10.5 Å². The Morgan fingerprint density at radius 1 is 1.24 bits per heavy atom. The lowest BCUT2D eigenvalue weighted by atomic mass is 10.2. The molecule has 0 aliphatic rings. The molecule has 4 nitrogen and oxygen atoms in total. The third kappa shape index (κ3) is 3.57. The normalized spacial score (nSPS) is 11.1. The van der Waals surface area contributed by atoms with Crippen LogP contribution in [0.4, 0.5) is 0 Å². The maximum absolute atomic E-state index is 8.76. The molecule has 0 amide bonds. The molecule has 0 heterocycles. The Bertz CT molecular complexity index is 537. The predicted octanol–water partition coefficient (Wildman–Crippen LogP) is 2.30. The fourth-order valence-corrected chi connectivity index (χ4v) is 1.41. The van der Waals surface area contributed by atoms with Gasteiger partial charge in [-0.25, -0.2) is 0 Å². The summed E-state index contributed by atoms with van der Waals surface area (Å²) in [6, 6.07) is 8.60. The van der Waals surface area contributed by atoms with E-state index in [1.807, 2.05) is 6.07 Å². The first kappa shape index (κ1) is 13.2. The largest absolute Gasteiger partial charge is 0.388 e. The van der Waals surface area contributed by atoms with Gasteiger partial charge in [-0.1, -0.05) is 29.3 Å². The topological polar surface area (TPSA) is 85.6 Å². The van der Waals surface area contributed by atoms with Crippen molar-refractivity contribution in [1.82, 2.24) is 5.32 Å². The summed E-state index contributed by atoms with van der Waals surface area (Å²) in [6.07, 6.45) is 0. The third-order valence-corrected chi connectivity index (χ3v) is 2.69. The van der Waals surface area contributed by atoms with Crippen molar-refractivity contribution in [3.8, 4) is 12.1 Å². The molecule has 6 heteroatoms. The summed E-state index contributed by atoms with van der Waals surface area (Å²) in [5, 5.41) is 21.0. The third-order valence-electron chi connectivity index (χ3n) is 1.95. The molecule has 0 saturated carbocycles. The van der Waals surface area contributed by atoms with E-state index in [2.05, 4.69) is 5.32 Å². The number of benzene rings is 1. The molecule has 1 aromatic rings. The summed E-state index contributed by atoms with van der Waals surface area (Å²) >= 11 is 11.6. The van der Waals surface area contributed by atoms with Gasteiger partial charge >= 0.3 is 0 Å². The Hall–Kier alpha value is -1.88. The molecular formula is C11H8Cl2N4. The van der Waals surface area contributed by atoms with Crippen LogP contribution in [0.25, 0.3) is 0 Å². The first-order valence-electron chi connectivity index (χ1n) is 4.56. The molecule has 3 N–H and O–H groups in total. The van der Waals surface area contributed by atoms with E-state index in [0.29, 0.717) is 16.6 Å². The smallest absolute Gasteiger partial charge is 0.148 e. The second-order valence-corrected chi connectivity index (χ2v) is 3.93. The van der Waals surface area contributed by atoms with Crippen LogP contribution >= 0.6 is 23.2 Å². The highest BCUT2D eigenvalue weighted by Gasteiger charge is 2.03. The number of hydrogen-bond donors (Lipinski definition) is 2. The van der Waals surface area contributed by atoms with Gasteiger partial charge in [0, 0.05) is 6.54 Å². The van der Waals surface area contributed by atoms with Crippen LogP contribution in [0.2, 0.25) is 10.0 Å². The SMILES string of the molecule is N#C/C(N)=C(\C#N)NCc1ccc(Cl)c(Cl)c1. The highest BCUT2D eigenvalue weighted by atomic mass is 35.5. The first-order chi connectivity index (χ1) is 8.08. The lowest BCUT2D eigenvalue weighted by Gasteiger charge is -2.06. The average molecular weight is 267 g/mol. The number of halogens is 2. The lowest BCUT2D eigenvalue weighted by Crippen LogP contribution is -2.16. The Kier molecular flexibility index (Phi) is 4.66. The predicted molar refractivity (Wildman–Crippen MR) is 65.7 cm³/mol. The molecule has 0 aliphatic heterocycles. The Morgan fingerprint density at radius 2 is 1.94 bits per heavy atom. The van der Waals surface area contributed by atoms with Crippen LogP contribution < -0.4 is 11.1 Å². The van der Waals surface area contributed by atoms with Crippen LogP contribution in [0, 0.1) is 22.7 Å². The molecular weight excluding hydrogens is 259 g/mol. The summed E-state index contributed by atoms with van der Waals surface area (Å²) in [4.78, 5) is 0. The molecule has 0 aromatic heterocycles. The molecule has 0 aliphatic carbocycles.